The monoisotopic (exact) mass is 702 g/mol. The van der Waals surface area contributed by atoms with Crippen LogP contribution in [0.2, 0.25) is 5.02 Å². The van der Waals surface area contributed by atoms with Gasteiger partial charge in [-0.1, -0.05) is 11.6 Å². The van der Waals surface area contributed by atoms with E-state index in [1.807, 2.05) is 0 Å². The average molecular weight is 703 g/mol. The van der Waals surface area contributed by atoms with E-state index < -0.39 is 23.2 Å². The van der Waals surface area contributed by atoms with Crippen LogP contribution in [0.3, 0.4) is 0 Å². The molecular formula is C32H22ClF3N10O4. The predicted octanol–water partition coefficient (Wildman–Crippen LogP) is 5.74. The number of benzene rings is 1. The van der Waals surface area contributed by atoms with Crippen molar-refractivity contribution in [2.45, 2.75) is 19.6 Å². The van der Waals surface area contributed by atoms with Crippen molar-refractivity contribution in [3.63, 3.8) is 0 Å². The molecule has 0 unspecified atom stereocenters. The third kappa shape index (κ3) is 4.92. The maximum atomic E-state index is 13.6. The molecule has 8 aromatic rings. The van der Waals surface area contributed by atoms with Crippen molar-refractivity contribution in [3.8, 4) is 11.4 Å². The Labute approximate surface area is 281 Å². The van der Waals surface area contributed by atoms with Crippen LogP contribution in [-0.4, -0.2) is 45.9 Å². The number of aromatic nitrogens is 8. The van der Waals surface area contributed by atoms with Gasteiger partial charge in [-0.15, -0.1) is 0 Å². The molecule has 0 fully saturated rings. The van der Waals surface area contributed by atoms with E-state index in [2.05, 4.69) is 35.7 Å². The van der Waals surface area contributed by atoms with Crippen molar-refractivity contribution >= 4 is 67.5 Å². The first-order chi connectivity index (χ1) is 23.9. The number of aryl methyl sites for hydroxylation is 2. The molecule has 2 N–H and O–H groups in total. The Morgan fingerprint density at radius 2 is 1.60 bits per heavy atom. The second kappa shape index (κ2) is 11.2. The molecule has 0 amide bonds. The van der Waals surface area contributed by atoms with Crippen LogP contribution in [0.1, 0.15) is 17.1 Å². The molecular weight excluding hydrogens is 681 g/mol. The first-order valence-corrected chi connectivity index (χ1v) is 15.2. The zero-order valence-electron chi connectivity index (χ0n) is 26.1. The van der Waals surface area contributed by atoms with Crippen LogP contribution in [0.5, 0.6) is 0 Å². The fraction of sp³-hybridized carbons (Fsp3) is 0.156. The molecule has 14 nitrogen and oxygen atoms in total. The molecule has 0 aliphatic carbocycles. The zero-order chi connectivity index (χ0) is 35.1. The van der Waals surface area contributed by atoms with Gasteiger partial charge in [0.1, 0.15) is 27.8 Å². The summed E-state index contributed by atoms with van der Waals surface area (Å²) < 4.78 is 56.9. The van der Waals surface area contributed by atoms with Gasteiger partial charge in [-0.25, -0.2) is 14.6 Å². The van der Waals surface area contributed by atoms with Gasteiger partial charge in [-0.3, -0.25) is 18.8 Å². The molecule has 0 atom stereocenters. The number of nitrogens with one attached hydrogen (secondary N) is 2. The van der Waals surface area contributed by atoms with E-state index in [0.717, 1.165) is 16.7 Å². The third-order valence-electron chi connectivity index (χ3n) is 8.08. The van der Waals surface area contributed by atoms with E-state index in [0.29, 0.717) is 44.2 Å². The van der Waals surface area contributed by atoms with Gasteiger partial charge in [0, 0.05) is 30.7 Å². The quantitative estimate of drug-likeness (QED) is 0.217. The van der Waals surface area contributed by atoms with Gasteiger partial charge in [-0.2, -0.15) is 28.2 Å². The van der Waals surface area contributed by atoms with Crippen LogP contribution in [-0.2, 0) is 19.8 Å². The smallest absolute Gasteiger partial charge is 0.433 e. The Morgan fingerprint density at radius 1 is 0.880 bits per heavy atom. The molecule has 50 heavy (non-hydrogen) atoms. The topological polar surface area (TPSA) is 164 Å². The lowest BCUT2D eigenvalue weighted by Crippen LogP contribution is -2.24. The van der Waals surface area contributed by atoms with E-state index in [4.69, 9.17) is 20.4 Å². The number of hydrogen-bond acceptors (Lipinski definition) is 11. The molecule has 252 valence electrons. The van der Waals surface area contributed by atoms with Crippen LogP contribution < -0.4 is 22.0 Å². The molecule has 7 heterocycles. The van der Waals surface area contributed by atoms with E-state index in [-0.39, 0.29) is 46.1 Å². The molecule has 18 heteroatoms. The van der Waals surface area contributed by atoms with Crippen molar-refractivity contribution in [1.82, 2.24) is 38.9 Å². The molecule has 0 bridgehead atoms. The Morgan fingerprint density at radius 3 is 2.32 bits per heavy atom. The van der Waals surface area contributed by atoms with Gasteiger partial charge in [0.25, 0.3) is 0 Å². The molecule has 0 saturated heterocycles. The molecule has 0 spiro atoms. The summed E-state index contributed by atoms with van der Waals surface area (Å²) in [6.07, 6.45) is -1.52. The number of hydrogen-bond donors (Lipinski definition) is 2. The molecule has 0 saturated carbocycles. The second-order valence-corrected chi connectivity index (χ2v) is 11.7. The van der Waals surface area contributed by atoms with E-state index in [1.54, 1.807) is 55.2 Å². The number of pyridine rings is 2. The highest BCUT2D eigenvalue weighted by atomic mass is 35.5. The highest BCUT2D eigenvalue weighted by molar-refractivity contribution is 6.31. The second-order valence-electron chi connectivity index (χ2n) is 11.3. The summed E-state index contributed by atoms with van der Waals surface area (Å²) in [6.45, 7) is 1.71. The van der Waals surface area contributed by atoms with Gasteiger partial charge in [0.05, 0.1) is 35.5 Å². The lowest BCUT2D eigenvalue weighted by atomic mass is 10.2. The third-order valence-corrected chi connectivity index (χ3v) is 8.31. The highest BCUT2D eigenvalue weighted by Gasteiger charge is 2.34. The van der Waals surface area contributed by atoms with E-state index in [1.165, 1.54) is 17.8 Å². The molecule has 7 aromatic heterocycles. The molecule has 8 rings (SSSR count). The minimum absolute atomic E-state index is 0.00279. The van der Waals surface area contributed by atoms with Crippen molar-refractivity contribution in [2.75, 3.05) is 17.7 Å². The van der Waals surface area contributed by atoms with Crippen LogP contribution in [0.4, 0.5) is 24.8 Å². The number of furan rings is 2. The van der Waals surface area contributed by atoms with E-state index >= 15 is 0 Å². The number of rotatable bonds is 6. The number of anilines is 2. The van der Waals surface area contributed by atoms with Gasteiger partial charge in [0.15, 0.2) is 28.4 Å². The largest absolute Gasteiger partial charge is 0.450 e. The van der Waals surface area contributed by atoms with Gasteiger partial charge in [0.2, 0.25) is 0 Å². The van der Waals surface area contributed by atoms with Crippen molar-refractivity contribution in [2.24, 2.45) is 7.05 Å². The summed E-state index contributed by atoms with van der Waals surface area (Å²) in [7, 11) is 3.23. The Balaban J connectivity index is 1.21. The predicted molar refractivity (Wildman–Crippen MR) is 178 cm³/mol. The SMILES string of the molecule is CNc1nc(=O)n(-c2ccc(CNc3nc(=O)n(-c4cnn(C)c4)c4c3oc3ccc(Cl)cc34)nc2C)c2c1oc1ccc(C(F)(F)F)nc12. The lowest BCUT2D eigenvalue weighted by molar-refractivity contribution is -0.140. The fourth-order valence-electron chi connectivity index (χ4n) is 5.90. The Hall–Kier alpha value is -6.23. The van der Waals surface area contributed by atoms with Crippen molar-refractivity contribution < 1.29 is 22.0 Å². The van der Waals surface area contributed by atoms with Crippen LogP contribution >= 0.6 is 11.6 Å². The number of nitrogens with zero attached hydrogens (tertiary/aromatic N) is 8. The number of fused-ring (bicyclic) bond motifs is 6. The van der Waals surface area contributed by atoms with Gasteiger partial charge >= 0.3 is 17.6 Å². The summed E-state index contributed by atoms with van der Waals surface area (Å²) >= 11 is 6.31. The maximum absolute atomic E-state index is 13.6. The summed E-state index contributed by atoms with van der Waals surface area (Å²) in [4.78, 5) is 43.6. The van der Waals surface area contributed by atoms with Crippen LogP contribution in [0.25, 0.3) is 55.6 Å². The van der Waals surface area contributed by atoms with Gasteiger partial charge < -0.3 is 19.5 Å². The Bertz CT molecular complexity index is 2800. The summed E-state index contributed by atoms with van der Waals surface area (Å²) in [5, 5.41) is 11.1. The maximum Gasteiger partial charge on any atom is 0.433 e. The highest BCUT2D eigenvalue weighted by Crippen LogP contribution is 2.36. The summed E-state index contributed by atoms with van der Waals surface area (Å²) in [5.74, 6) is 0.193. The van der Waals surface area contributed by atoms with Crippen molar-refractivity contribution in [1.29, 1.82) is 0 Å². The first-order valence-electron chi connectivity index (χ1n) is 14.9. The normalized spacial score (nSPS) is 12.1. The number of alkyl halides is 3. The molecule has 0 aliphatic heterocycles. The first kappa shape index (κ1) is 31.1. The fourth-order valence-corrected chi connectivity index (χ4v) is 6.08. The van der Waals surface area contributed by atoms with Crippen LogP contribution in [0, 0.1) is 6.92 Å². The zero-order valence-corrected chi connectivity index (χ0v) is 26.9. The number of halogens is 4. The summed E-state index contributed by atoms with van der Waals surface area (Å²) in [6, 6.07) is 10.2. The van der Waals surface area contributed by atoms with E-state index in [9.17, 15) is 22.8 Å². The Kier molecular flexibility index (Phi) is 6.93. The minimum atomic E-state index is -4.73. The minimum Gasteiger partial charge on any atom is -0.450 e. The lowest BCUT2D eigenvalue weighted by Gasteiger charge is -2.13. The molecule has 1 aromatic carbocycles. The van der Waals surface area contributed by atoms with Crippen molar-refractivity contribution in [3.05, 3.63) is 97.9 Å². The van der Waals surface area contributed by atoms with Crippen LogP contribution in [0.15, 0.2) is 73.3 Å². The summed E-state index contributed by atoms with van der Waals surface area (Å²) in [5.41, 5.74) is 0.150. The van der Waals surface area contributed by atoms with Gasteiger partial charge in [-0.05, 0) is 49.4 Å². The average Bonchev–Trinajstić information content (AvgIpc) is 3.78. The standard InChI is InChI=1S/C32H22ClF3N10O4/c1-14-19(46-25-23-21(8-9-22(41-23)32(34,35)36)50-27(25)28(37-2)42-31(46)48)6-5-16(40-14)11-38-29-26-24(18-10-15(33)4-7-20(18)49-26)45(30(47)43-29)17-12-39-44(3)13-17/h4-10,12-13H,11H2,1-3H3,(H,37,42,48)(H,38,43,47). The molecule has 0 aliphatic rings. The molecule has 0 radical (unpaired) electrons.